The molecule has 0 bridgehead atoms. The number of anilines is 3. The SMILES string of the molecule is CCOc1cc(-c2ccc(N3CCN(C(=O)C#Cc4ccnc(OC)c4)CC3)nc2)c2c(C#N)cnn2c1.CCOc1cc(-c2ccc(N3CCN(C(=O)C#Cc4cncc([N+](=O)[O-])c4)CC3)nc2)c2c(C#N)cnn2c1.[C-]#[N+]c1cccc(C#CC(=O)N2CCN(c3ccc(-c4cc(OCC)cn5ncc(C#N)c45)cn3)CC2)n1. The number of aromatic nitrogens is 12. The summed E-state index contributed by atoms with van der Waals surface area (Å²) in [5, 5.41) is 52.4. The number of piperazine rings is 3. The molecule has 32 heteroatoms. The van der Waals surface area contributed by atoms with Crippen molar-refractivity contribution in [3.63, 3.8) is 0 Å². The Morgan fingerprint density at radius 1 is 0.496 bits per heavy atom. The van der Waals surface area contributed by atoms with Crippen molar-refractivity contribution >= 4 is 63.2 Å². The molecule has 12 aromatic rings. The minimum Gasteiger partial charge on any atom is -0.492 e. The Labute approximate surface area is 659 Å². The second kappa shape index (κ2) is 36.0. The number of methoxy groups -OCH3 is 1. The highest BCUT2D eigenvalue weighted by atomic mass is 16.6. The van der Waals surface area contributed by atoms with Crippen molar-refractivity contribution in [2.75, 3.05) is 120 Å². The molecule has 0 atom stereocenters. The predicted molar refractivity (Wildman–Crippen MR) is 422 cm³/mol. The quantitative estimate of drug-likeness (QED) is 0.0424. The van der Waals surface area contributed by atoms with Gasteiger partial charge in [-0.15, -0.1) is 4.98 Å². The summed E-state index contributed by atoms with van der Waals surface area (Å²) >= 11 is 0. The van der Waals surface area contributed by atoms with E-state index >= 15 is 0 Å². The highest BCUT2D eigenvalue weighted by Gasteiger charge is 2.26. The highest BCUT2D eigenvalue weighted by molar-refractivity contribution is 5.96. The van der Waals surface area contributed by atoms with E-state index < -0.39 is 4.92 Å². The average Bonchev–Trinajstić information content (AvgIpc) is 1.70. The van der Waals surface area contributed by atoms with Crippen LogP contribution in [0, 0.1) is 86.2 Å². The van der Waals surface area contributed by atoms with Gasteiger partial charge in [0.05, 0.1) is 108 Å². The number of carbonyl (C=O) groups is 3. The Hall–Kier alpha value is -16.0. The van der Waals surface area contributed by atoms with Gasteiger partial charge < -0.3 is 53.2 Å². The van der Waals surface area contributed by atoms with E-state index in [9.17, 15) is 40.3 Å². The number of pyridine rings is 9. The van der Waals surface area contributed by atoms with Crippen LogP contribution in [-0.4, -0.2) is 202 Å². The minimum atomic E-state index is -0.556. The fourth-order valence-corrected chi connectivity index (χ4v) is 12.9. The number of nitro groups is 1. The molecule has 0 unspecified atom stereocenters. The van der Waals surface area contributed by atoms with Crippen LogP contribution in [0.2, 0.25) is 0 Å². The number of nitrogens with zero attached hydrogens (tertiary/aromatic N) is 23. The molecule has 15 rings (SSSR count). The van der Waals surface area contributed by atoms with Crippen LogP contribution in [0.15, 0.2) is 165 Å². The Kier molecular flexibility index (Phi) is 24.2. The fraction of sp³-hybridized carbons (Fsp3) is 0.229. The Morgan fingerprint density at radius 2 is 0.904 bits per heavy atom. The van der Waals surface area contributed by atoms with Gasteiger partial charge in [0.15, 0.2) is 0 Å². The first-order chi connectivity index (χ1) is 56.1. The summed E-state index contributed by atoms with van der Waals surface area (Å²) in [5.74, 6) is 20.4. The summed E-state index contributed by atoms with van der Waals surface area (Å²) in [6.07, 6.45) is 19.3. The molecule has 32 nitrogen and oxygen atoms in total. The lowest BCUT2D eigenvalue weighted by Crippen LogP contribution is -2.48. The molecule has 115 heavy (non-hydrogen) atoms. The molecule has 12 aromatic heterocycles. The van der Waals surface area contributed by atoms with E-state index in [1.165, 1.54) is 25.6 Å². The van der Waals surface area contributed by atoms with Crippen molar-refractivity contribution < 1.29 is 38.3 Å². The monoisotopic (exact) mass is 1530 g/mol. The topological polar surface area (TPSA) is 356 Å². The van der Waals surface area contributed by atoms with Gasteiger partial charge in [0.25, 0.3) is 29.2 Å². The van der Waals surface area contributed by atoms with Gasteiger partial charge in [-0.2, -0.15) is 31.1 Å². The first-order valence-electron chi connectivity index (χ1n) is 36.3. The molecule has 570 valence electrons. The van der Waals surface area contributed by atoms with Crippen molar-refractivity contribution in [1.82, 2.24) is 73.4 Å². The van der Waals surface area contributed by atoms with Crippen molar-refractivity contribution in [1.29, 1.82) is 15.8 Å². The lowest BCUT2D eigenvalue weighted by molar-refractivity contribution is -0.385. The zero-order chi connectivity index (χ0) is 80.3. The summed E-state index contributed by atoms with van der Waals surface area (Å²) in [4.78, 5) is 88.7. The van der Waals surface area contributed by atoms with Gasteiger partial charge in [-0.05, 0) is 99.5 Å². The lowest BCUT2D eigenvalue weighted by Gasteiger charge is -2.34. The maximum absolute atomic E-state index is 12.6. The van der Waals surface area contributed by atoms with E-state index in [2.05, 4.69) is 118 Å². The van der Waals surface area contributed by atoms with Crippen LogP contribution in [0.25, 0.3) is 54.8 Å². The molecule has 3 amide bonds. The standard InChI is InChI=1S/C28H22N8O2.C28H25N7O3.C27H22N8O4/c1-3-38-23-15-24(28-21(16-29)18-32-36(28)19-23)20-7-9-26(31-17-20)34-11-13-35(14-12-34)27(37)10-8-22-5-4-6-25(30-2)33-22;1-3-38-23-15-24(28-22(16-29)18-32-35(28)19-23)21-5-6-25(31-17-21)33-10-12-34(13-11-33)27(36)7-4-20-8-9-30-26(14-20)37-2;1-2-39-23-12-24(27-21(13-28)16-31-34(27)18-23)20-4-5-25(30-15-20)32-7-9-33(10-8-32)26(36)6-3-19-11-22(35(37)38)17-29-14-19/h4-7,9,15,17-19H,3,11-14H2,1H3;5-6,8-9,14-15,17-19H,3,10-13H2,1-2H3;4-5,11-12,14-18H,2,7-10H2,1H3. The Morgan fingerprint density at radius 3 is 1.27 bits per heavy atom. The molecule has 3 aliphatic heterocycles. The van der Waals surface area contributed by atoms with E-state index in [4.69, 9.17) is 25.5 Å². The van der Waals surface area contributed by atoms with E-state index in [-0.39, 0.29) is 29.2 Å². The molecular weight excluding hydrogens is 1460 g/mol. The summed E-state index contributed by atoms with van der Waals surface area (Å²) in [6, 6.07) is 33.7. The molecule has 0 saturated carbocycles. The molecule has 3 fully saturated rings. The lowest BCUT2D eigenvalue weighted by atomic mass is 10.1. The Balaban J connectivity index is 0.000000150. The van der Waals surface area contributed by atoms with Crippen LogP contribution in [0.1, 0.15) is 54.3 Å². The average molecular weight is 1530 g/mol. The van der Waals surface area contributed by atoms with Crippen LogP contribution >= 0.6 is 0 Å². The van der Waals surface area contributed by atoms with E-state index in [0.717, 1.165) is 57.0 Å². The number of ether oxygens (including phenoxy) is 4. The highest BCUT2D eigenvalue weighted by Crippen LogP contribution is 2.35. The van der Waals surface area contributed by atoms with Crippen molar-refractivity contribution in [2.24, 2.45) is 0 Å². The zero-order valence-corrected chi connectivity index (χ0v) is 62.7. The van der Waals surface area contributed by atoms with Crippen LogP contribution in [-0.2, 0) is 14.4 Å². The van der Waals surface area contributed by atoms with Crippen LogP contribution in [0.5, 0.6) is 23.1 Å². The van der Waals surface area contributed by atoms with Crippen LogP contribution < -0.4 is 33.6 Å². The number of fused-ring (bicyclic) bond motifs is 3. The van der Waals surface area contributed by atoms with Gasteiger partial charge in [-0.1, -0.05) is 24.5 Å². The number of hydrogen-bond donors (Lipinski definition) is 0. The maximum atomic E-state index is 12.6. The Bertz CT molecular complexity index is 6040. The summed E-state index contributed by atoms with van der Waals surface area (Å²) in [5.41, 5.74) is 9.68. The number of rotatable bonds is 14. The van der Waals surface area contributed by atoms with E-state index in [1.54, 1.807) is 114 Å². The van der Waals surface area contributed by atoms with Gasteiger partial charge >= 0.3 is 0 Å². The molecule has 0 aromatic carbocycles. The van der Waals surface area contributed by atoms with Gasteiger partial charge in [0, 0.05) is 178 Å². The predicted octanol–water partition coefficient (Wildman–Crippen LogP) is 8.75. The van der Waals surface area contributed by atoms with Crippen LogP contribution in [0.4, 0.5) is 29.0 Å². The van der Waals surface area contributed by atoms with Crippen LogP contribution in [0.3, 0.4) is 0 Å². The number of carbonyl (C=O) groups excluding carboxylic acids is 3. The second-order valence-electron chi connectivity index (χ2n) is 25.5. The van der Waals surface area contributed by atoms with Crippen molar-refractivity contribution in [2.45, 2.75) is 20.8 Å². The maximum Gasteiger partial charge on any atom is 0.299 e. The van der Waals surface area contributed by atoms with Crippen molar-refractivity contribution in [3.8, 4) is 110 Å². The smallest absolute Gasteiger partial charge is 0.299 e. The van der Waals surface area contributed by atoms with Crippen molar-refractivity contribution in [3.05, 3.63) is 220 Å². The largest absolute Gasteiger partial charge is 0.492 e. The van der Waals surface area contributed by atoms with E-state index in [0.29, 0.717) is 172 Å². The zero-order valence-electron chi connectivity index (χ0n) is 62.7. The van der Waals surface area contributed by atoms with Gasteiger partial charge in [-0.3, -0.25) is 29.5 Å². The second-order valence-corrected chi connectivity index (χ2v) is 25.5. The van der Waals surface area contributed by atoms with E-state index in [1.807, 2.05) is 75.4 Å². The number of amides is 3. The summed E-state index contributed by atoms with van der Waals surface area (Å²) < 4.78 is 27.1. The fourth-order valence-electron chi connectivity index (χ4n) is 12.9. The molecule has 3 aliphatic rings. The molecule has 0 spiro atoms. The molecule has 3 saturated heterocycles. The minimum absolute atomic E-state index is 0.177. The van der Waals surface area contributed by atoms with Gasteiger partial charge in [0.2, 0.25) is 11.6 Å². The molecule has 0 N–H and O–H groups in total. The number of hydrogen-bond acceptors (Lipinski definition) is 24. The van der Waals surface area contributed by atoms with Gasteiger partial charge in [-0.25, -0.2) is 33.5 Å². The molecule has 0 aliphatic carbocycles. The third kappa shape index (κ3) is 18.2. The molecular formula is C83H69N23O9. The molecule has 0 radical (unpaired) electrons. The molecule has 15 heterocycles. The third-order valence-electron chi connectivity index (χ3n) is 18.6. The first kappa shape index (κ1) is 77.2. The van der Waals surface area contributed by atoms with Gasteiger partial charge in [0.1, 0.15) is 59.1 Å². The normalized spacial score (nSPS) is 12.9. The summed E-state index contributed by atoms with van der Waals surface area (Å²) in [6.45, 7) is 21.1. The first-order valence-corrected chi connectivity index (χ1v) is 36.3. The summed E-state index contributed by atoms with van der Waals surface area (Å²) in [7, 11) is 1.54. The third-order valence-corrected chi connectivity index (χ3v) is 18.6. The number of nitriles is 3.